The van der Waals surface area contributed by atoms with Crippen LogP contribution >= 0.6 is 0 Å². The highest BCUT2D eigenvalue weighted by Crippen LogP contribution is 2.37. The zero-order chi connectivity index (χ0) is 13.0. The quantitative estimate of drug-likeness (QED) is 0.410. The molecule has 0 bridgehead atoms. The Kier molecular flexibility index (Phi) is 4.03. The molecule has 1 aromatic carbocycles. The smallest absolute Gasteiger partial charge is 0.319 e. The molecule has 5 N–H and O–H groups in total. The molecule has 0 aliphatic heterocycles. The Bertz CT molecular complexity index is 397. The van der Waals surface area contributed by atoms with E-state index < -0.39 is 23.3 Å². The molecular weight excluding hydrogens is 224 g/mol. The lowest BCUT2D eigenvalue weighted by Crippen LogP contribution is -2.35. The molecular formula is C11H16N2O4. The second-order valence-electron chi connectivity index (χ2n) is 3.77. The van der Waals surface area contributed by atoms with Crippen LogP contribution in [0, 0.1) is 0 Å². The van der Waals surface area contributed by atoms with Crippen molar-refractivity contribution in [2.24, 2.45) is 0 Å². The monoisotopic (exact) mass is 240 g/mol. The van der Waals surface area contributed by atoms with Crippen LogP contribution in [0.25, 0.3) is 0 Å². The Balaban J connectivity index is 2.72. The van der Waals surface area contributed by atoms with E-state index in [1.165, 1.54) is 0 Å². The number of phenolic OH excluding ortho intramolecular Hbond substituents is 3. The number of carbonyl (C=O) groups is 1. The van der Waals surface area contributed by atoms with Crippen molar-refractivity contribution in [2.45, 2.75) is 26.3 Å². The zero-order valence-electron chi connectivity index (χ0n) is 9.69. The molecule has 0 heterocycles. The normalized spacial score (nSPS) is 11.9. The first kappa shape index (κ1) is 13.0. The summed E-state index contributed by atoms with van der Waals surface area (Å²) in [7, 11) is 0. The van der Waals surface area contributed by atoms with E-state index in [4.69, 9.17) is 5.11 Å². The van der Waals surface area contributed by atoms with Crippen molar-refractivity contribution in [3.8, 4) is 17.2 Å². The number of nitrogens with one attached hydrogen (secondary N) is 2. The van der Waals surface area contributed by atoms with Crippen LogP contribution in [0.2, 0.25) is 0 Å². The summed E-state index contributed by atoms with van der Waals surface area (Å²) >= 11 is 0. The fourth-order valence-corrected chi connectivity index (χ4v) is 1.17. The predicted molar refractivity (Wildman–Crippen MR) is 63.3 cm³/mol. The van der Waals surface area contributed by atoms with E-state index in [-0.39, 0.29) is 11.7 Å². The van der Waals surface area contributed by atoms with Crippen LogP contribution in [0.1, 0.15) is 20.3 Å². The van der Waals surface area contributed by atoms with Crippen LogP contribution < -0.4 is 10.6 Å². The summed E-state index contributed by atoms with van der Waals surface area (Å²) < 4.78 is 0. The number of hydrogen-bond acceptors (Lipinski definition) is 4. The van der Waals surface area contributed by atoms with Crippen LogP contribution in [-0.2, 0) is 0 Å². The van der Waals surface area contributed by atoms with Crippen LogP contribution in [0.4, 0.5) is 10.5 Å². The summed E-state index contributed by atoms with van der Waals surface area (Å²) in [4.78, 5) is 11.4. The maximum Gasteiger partial charge on any atom is 0.319 e. The Labute approximate surface area is 98.9 Å². The molecule has 17 heavy (non-hydrogen) atoms. The molecule has 0 fully saturated rings. The molecule has 0 radical (unpaired) electrons. The average molecular weight is 240 g/mol. The molecule has 1 unspecified atom stereocenters. The summed E-state index contributed by atoms with van der Waals surface area (Å²) in [6.45, 7) is 3.79. The van der Waals surface area contributed by atoms with E-state index in [0.717, 1.165) is 18.6 Å². The third kappa shape index (κ3) is 3.44. The van der Waals surface area contributed by atoms with E-state index in [1.807, 2.05) is 13.8 Å². The van der Waals surface area contributed by atoms with E-state index in [0.29, 0.717) is 0 Å². The van der Waals surface area contributed by atoms with Crippen molar-refractivity contribution in [1.82, 2.24) is 5.32 Å². The SMILES string of the molecule is CCC(C)NC(=O)Nc1cc(O)c(O)c(O)c1. The van der Waals surface area contributed by atoms with Gasteiger partial charge in [-0.05, 0) is 13.3 Å². The maximum absolute atomic E-state index is 11.4. The molecule has 0 aliphatic rings. The molecule has 1 atom stereocenters. The average Bonchev–Trinajstić information content (AvgIpc) is 2.25. The van der Waals surface area contributed by atoms with Gasteiger partial charge in [0.15, 0.2) is 17.2 Å². The minimum absolute atomic E-state index is 0.0225. The summed E-state index contributed by atoms with van der Waals surface area (Å²) in [5.41, 5.74) is 0.193. The summed E-state index contributed by atoms with van der Waals surface area (Å²) in [6.07, 6.45) is 0.791. The van der Waals surface area contributed by atoms with Gasteiger partial charge >= 0.3 is 6.03 Å². The van der Waals surface area contributed by atoms with Crippen molar-refractivity contribution < 1.29 is 20.1 Å². The highest BCUT2D eigenvalue weighted by molar-refractivity contribution is 5.90. The first-order valence-corrected chi connectivity index (χ1v) is 5.26. The molecule has 0 aliphatic carbocycles. The van der Waals surface area contributed by atoms with E-state index >= 15 is 0 Å². The van der Waals surface area contributed by atoms with Gasteiger partial charge in [-0.1, -0.05) is 6.92 Å². The van der Waals surface area contributed by atoms with Gasteiger partial charge in [0.1, 0.15) is 0 Å². The van der Waals surface area contributed by atoms with Gasteiger partial charge in [-0.15, -0.1) is 0 Å². The number of phenols is 3. The van der Waals surface area contributed by atoms with Crippen molar-refractivity contribution in [1.29, 1.82) is 0 Å². The maximum atomic E-state index is 11.4. The molecule has 6 heteroatoms. The number of hydrogen-bond donors (Lipinski definition) is 5. The summed E-state index contributed by atoms with van der Waals surface area (Å²) in [5, 5.41) is 32.7. The van der Waals surface area contributed by atoms with E-state index in [2.05, 4.69) is 10.6 Å². The fourth-order valence-electron chi connectivity index (χ4n) is 1.17. The van der Waals surface area contributed by atoms with Gasteiger partial charge in [-0.2, -0.15) is 0 Å². The lowest BCUT2D eigenvalue weighted by Gasteiger charge is -2.13. The van der Waals surface area contributed by atoms with Crippen molar-refractivity contribution >= 4 is 11.7 Å². The van der Waals surface area contributed by atoms with Crippen molar-refractivity contribution in [3.05, 3.63) is 12.1 Å². The Morgan fingerprint density at radius 2 is 1.82 bits per heavy atom. The topological polar surface area (TPSA) is 102 Å². The second kappa shape index (κ2) is 5.29. The molecule has 1 aromatic rings. The van der Waals surface area contributed by atoms with Crippen LogP contribution in [-0.4, -0.2) is 27.4 Å². The first-order chi connectivity index (χ1) is 7.93. The van der Waals surface area contributed by atoms with Gasteiger partial charge in [0.25, 0.3) is 0 Å². The first-order valence-electron chi connectivity index (χ1n) is 5.26. The highest BCUT2D eigenvalue weighted by Gasteiger charge is 2.10. The number of rotatable bonds is 3. The summed E-state index contributed by atoms with van der Waals surface area (Å²) in [6, 6.07) is 1.87. The Morgan fingerprint density at radius 3 is 2.29 bits per heavy atom. The molecule has 0 spiro atoms. The second-order valence-corrected chi connectivity index (χ2v) is 3.77. The largest absolute Gasteiger partial charge is 0.504 e. The van der Waals surface area contributed by atoms with Crippen LogP contribution in [0.5, 0.6) is 17.2 Å². The molecule has 0 saturated heterocycles. The van der Waals surface area contributed by atoms with Gasteiger partial charge in [0.2, 0.25) is 0 Å². The zero-order valence-corrected chi connectivity index (χ0v) is 9.69. The van der Waals surface area contributed by atoms with E-state index in [1.54, 1.807) is 0 Å². The molecule has 2 amide bonds. The number of amides is 2. The highest BCUT2D eigenvalue weighted by atomic mass is 16.3. The van der Waals surface area contributed by atoms with Crippen molar-refractivity contribution in [3.63, 3.8) is 0 Å². The molecule has 1 rings (SSSR count). The van der Waals surface area contributed by atoms with Gasteiger partial charge in [0, 0.05) is 18.2 Å². The minimum Gasteiger partial charge on any atom is -0.504 e. The van der Waals surface area contributed by atoms with Gasteiger partial charge in [-0.3, -0.25) is 0 Å². The number of carbonyl (C=O) groups excluding carboxylic acids is 1. The molecule has 0 saturated carbocycles. The Morgan fingerprint density at radius 1 is 1.29 bits per heavy atom. The third-order valence-electron chi connectivity index (χ3n) is 2.32. The number of urea groups is 1. The van der Waals surface area contributed by atoms with Crippen molar-refractivity contribution in [2.75, 3.05) is 5.32 Å². The fraction of sp³-hybridized carbons (Fsp3) is 0.364. The number of benzene rings is 1. The van der Waals surface area contributed by atoms with Gasteiger partial charge in [-0.25, -0.2) is 4.79 Å². The van der Waals surface area contributed by atoms with E-state index in [9.17, 15) is 15.0 Å². The predicted octanol–water partition coefficient (Wildman–Crippen LogP) is 1.72. The minimum atomic E-state index is -0.613. The molecule has 0 aromatic heterocycles. The molecule has 6 nitrogen and oxygen atoms in total. The van der Waals surface area contributed by atoms with Gasteiger partial charge in [0.05, 0.1) is 5.69 Å². The number of anilines is 1. The van der Waals surface area contributed by atoms with Crippen LogP contribution in [0.3, 0.4) is 0 Å². The van der Waals surface area contributed by atoms with Gasteiger partial charge < -0.3 is 26.0 Å². The third-order valence-corrected chi connectivity index (χ3v) is 2.32. The molecule has 94 valence electrons. The van der Waals surface area contributed by atoms with Crippen LogP contribution in [0.15, 0.2) is 12.1 Å². The lowest BCUT2D eigenvalue weighted by molar-refractivity contribution is 0.249. The number of aromatic hydroxyl groups is 3. The lowest BCUT2D eigenvalue weighted by atomic mass is 10.2. The Hall–Kier alpha value is -2.11. The summed E-state index contributed by atoms with van der Waals surface area (Å²) in [5.74, 6) is -1.61. The standard InChI is InChI=1S/C11H16N2O4/c1-3-6(2)12-11(17)13-7-4-8(14)10(16)9(15)5-7/h4-6,14-16H,3H2,1-2H3,(H2,12,13,17).